The fourth-order valence-corrected chi connectivity index (χ4v) is 5.31. The van der Waals surface area contributed by atoms with E-state index in [1.165, 1.54) is 21.7 Å². The average Bonchev–Trinajstić information content (AvgIpc) is 3.66. The predicted molar refractivity (Wildman–Crippen MR) is 163 cm³/mol. The third-order valence-electron chi connectivity index (χ3n) is 7.62. The average molecular weight is 565 g/mol. The van der Waals surface area contributed by atoms with Crippen molar-refractivity contribution in [1.29, 1.82) is 0 Å². The van der Waals surface area contributed by atoms with Crippen molar-refractivity contribution in [3.8, 4) is 22.5 Å². The molecule has 214 valence electrons. The van der Waals surface area contributed by atoms with Gasteiger partial charge in [-0.2, -0.15) is 29.2 Å². The van der Waals surface area contributed by atoms with Gasteiger partial charge in [0.15, 0.2) is 0 Å². The summed E-state index contributed by atoms with van der Waals surface area (Å²) in [6.07, 6.45) is 2.75. The summed E-state index contributed by atoms with van der Waals surface area (Å²) in [6.45, 7) is 7.97. The molecule has 0 aliphatic rings. The first-order chi connectivity index (χ1) is 20.2. The molecule has 2 aromatic carbocycles. The molecule has 0 aliphatic carbocycles. The molecule has 4 aromatic heterocycles. The van der Waals surface area contributed by atoms with Crippen LogP contribution in [-0.2, 0) is 0 Å². The molecular formula is C30H32N10O2. The summed E-state index contributed by atoms with van der Waals surface area (Å²) in [5.74, 6) is 0.826. The van der Waals surface area contributed by atoms with Crippen LogP contribution in [0.2, 0.25) is 0 Å². The Bertz CT molecular complexity index is 1870. The van der Waals surface area contributed by atoms with Crippen LogP contribution in [0.25, 0.3) is 34.1 Å². The number of anilines is 2. The van der Waals surface area contributed by atoms with Crippen molar-refractivity contribution in [2.24, 2.45) is 0 Å². The van der Waals surface area contributed by atoms with E-state index >= 15 is 0 Å². The van der Waals surface area contributed by atoms with Crippen molar-refractivity contribution in [2.45, 2.75) is 39.5 Å². The molecular weight excluding hydrogens is 532 g/mol. The minimum Gasteiger partial charge on any atom is -0.323 e. The van der Waals surface area contributed by atoms with Crippen molar-refractivity contribution in [2.75, 3.05) is 24.1 Å². The molecule has 4 heterocycles. The highest BCUT2D eigenvalue weighted by molar-refractivity contribution is 5.70. The lowest BCUT2D eigenvalue weighted by Crippen LogP contribution is -2.36. The number of hydrogen-bond acceptors (Lipinski definition) is 8. The van der Waals surface area contributed by atoms with E-state index in [1.807, 2.05) is 100 Å². The lowest BCUT2D eigenvalue weighted by molar-refractivity contribution is 0.797. The standard InChI is InChI=1S/C30H32N10O2/c1-17(2)23-25(35-29-31-15-33-39(29)27(23)41)19-7-11-21(12-8-19)37(5)38(6)22-13-9-20(10-14-22)26-24(18(3)4)28(42)40-30(36-26)32-16-34-40/h7-18H,1-6H3,(H,31,33,35)(H,32,34,36). The molecule has 0 radical (unpaired) electrons. The number of nitrogens with zero attached hydrogens (tertiary/aromatic N) is 8. The Hall–Kier alpha value is -5.26. The molecule has 12 nitrogen and oxygen atoms in total. The second-order valence-electron chi connectivity index (χ2n) is 10.9. The van der Waals surface area contributed by atoms with Gasteiger partial charge in [0.25, 0.3) is 11.1 Å². The van der Waals surface area contributed by atoms with Gasteiger partial charge in [-0.3, -0.25) is 19.6 Å². The lowest BCUT2D eigenvalue weighted by Gasteiger charge is -2.32. The Labute approximate surface area is 241 Å². The maximum Gasteiger partial charge on any atom is 0.279 e. The second-order valence-corrected chi connectivity index (χ2v) is 10.9. The monoisotopic (exact) mass is 564 g/mol. The van der Waals surface area contributed by atoms with Crippen molar-refractivity contribution < 1.29 is 0 Å². The molecule has 0 fully saturated rings. The molecule has 0 unspecified atom stereocenters. The molecule has 0 atom stereocenters. The zero-order valence-electron chi connectivity index (χ0n) is 24.3. The van der Waals surface area contributed by atoms with E-state index < -0.39 is 0 Å². The Morgan fingerprint density at radius 2 is 0.976 bits per heavy atom. The van der Waals surface area contributed by atoms with Gasteiger partial charge in [0, 0.05) is 25.2 Å². The summed E-state index contributed by atoms with van der Waals surface area (Å²) in [7, 11) is 3.97. The summed E-state index contributed by atoms with van der Waals surface area (Å²) >= 11 is 0. The van der Waals surface area contributed by atoms with Gasteiger partial charge in [0.05, 0.1) is 22.8 Å². The van der Waals surface area contributed by atoms with Gasteiger partial charge >= 0.3 is 0 Å². The number of hydrogen-bond donors (Lipinski definition) is 2. The Morgan fingerprint density at radius 3 is 1.31 bits per heavy atom. The first-order valence-corrected chi connectivity index (χ1v) is 13.8. The quantitative estimate of drug-likeness (QED) is 0.276. The predicted octanol–water partition coefficient (Wildman–Crippen LogP) is 4.22. The van der Waals surface area contributed by atoms with Crippen molar-refractivity contribution >= 4 is 22.9 Å². The number of benzene rings is 2. The van der Waals surface area contributed by atoms with E-state index in [0.29, 0.717) is 22.7 Å². The third-order valence-corrected chi connectivity index (χ3v) is 7.62. The summed E-state index contributed by atoms with van der Waals surface area (Å²) in [4.78, 5) is 41.1. The van der Waals surface area contributed by atoms with E-state index in [4.69, 9.17) is 0 Å². The van der Waals surface area contributed by atoms with E-state index in [9.17, 15) is 9.59 Å². The van der Waals surface area contributed by atoms with Crippen LogP contribution in [0.15, 0.2) is 70.8 Å². The van der Waals surface area contributed by atoms with Crippen molar-refractivity contribution in [3.05, 3.63) is 93.0 Å². The number of H-pyrrole nitrogens is 2. The molecule has 0 bridgehead atoms. The maximum absolute atomic E-state index is 13.1. The van der Waals surface area contributed by atoms with E-state index in [1.54, 1.807) is 0 Å². The molecule has 0 aliphatic heterocycles. The topological polar surface area (TPSA) is 133 Å². The molecule has 6 rings (SSSR count). The number of hydrazine groups is 1. The van der Waals surface area contributed by atoms with Gasteiger partial charge in [-0.05, 0) is 47.2 Å². The Balaban J connectivity index is 1.28. The fraction of sp³-hybridized carbons (Fsp3) is 0.267. The highest BCUT2D eigenvalue weighted by Crippen LogP contribution is 2.30. The van der Waals surface area contributed by atoms with Crippen LogP contribution in [0.1, 0.15) is 50.7 Å². The van der Waals surface area contributed by atoms with E-state index in [0.717, 1.165) is 33.9 Å². The van der Waals surface area contributed by atoms with Gasteiger partial charge in [-0.25, -0.2) is 0 Å². The highest BCUT2D eigenvalue weighted by atomic mass is 16.1. The molecule has 6 aromatic rings. The molecule has 2 N–H and O–H groups in total. The van der Waals surface area contributed by atoms with Crippen LogP contribution in [0, 0.1) is 0 Å². The van der Waals surface area contributed by atoms with Gasteiger partial charge in [0.2, 0.25) is 11.6 Å². The van der Waals surface area contributed by atoms with Gasteiger partial charge in [-0.15, -0.1) is 0 Å². The number of fused-ring (bicyclic) bond motifs is 2. The first-order valence-electron chi connectivity index (χ1n) is 13.8. The van der Waals surface area contributed by atoms with Crippen LogP contribution in [0.4, 0.5) is 11.4 Å². The number of rotatable bonds is 7. The molecule has 0 saturated carbocycles. The summed E-state index contributed by atoms with van der Waals surface area (Å²) < 4.78 is 2.60. The summed E-state index contributed by atoms with van der Waals surface area (Å²) in [6, 6.07) is 16.1. The van der Waals surface area contributed by atoms with E-state index in [2.05, 4.69) is 30.1 Å². The van der Waals surface area contributed by atoms with Crippen LogP contribution < -0.4 is 21.1 Å². The van der Waals surface area contributed by atoms with Gasteiger partial charge in [-0.1, -0.05) is 52.0 Å². The number of aromatic nitrogens is 8. The fourth-order valence-electron chi connectivity index (χ4n) is 5.31. The maximum atomic E-state index is 13.1. The number of nitrogens with one attached hydrogen (secondary N) is 2. The highest BCUT2D eigenvalue weighted by Gasteiger charge is 2.20. The lowest BCUT2D eigenvalue weighted by atomic mass is 9.98. The first kappa shape index (κ1) is 26.9. The Morgan fingerprint density at radius 1 is 0.619 bits per heavy atom. The molecule has 0 spiro atoms. The largest absolute Gasteiger partial charge is 0.323 e. The van der Waals surface area contributed by atoms with Crippen LogP contribution >= 0.6 is 0 Å². The van der Waals surface area contributed by atoms with Crippen molar-refractivity contribution in [1.82, 2.24) is 39.2 Å². The zero-order valence-corrected chi connectivity index (χ0v) is 24.3. The SMILES string of the molecule is CC(C)c1c(-c2ccc(N(C)N(C)c3ccc(-c4[nH]c5ncnn5c(=O)c4C(C)C)cc3)cc2)[nH]c2ncnn2c1=O. The van der Waals surface area contributed by atoms with Crippen molar-refractivity contribution in [3.63, 3.8) is 0 Å². The second kappa shape index (κ2) is 10.3. The third kappa shape index (κ3) is 4.41. The normalized spacial score (nSPS) is 11.7. The molecule has 0 amide bonds. The summed E-state index contributed by atoms with van der Waals surface area (Å²) in [5.41, 5.74) is 6.21. The molecule has 12 heteroatoms. The minimum absolute atomic E-state index is 0.00142. The zero-order chi connectivity index (χ0) is 29.7. The smallest absolute Gasteiger partial charge is 0.279 e. The summed E-state index contributed by atoms with van der Waals surface area (Å²) in [5, 5.41) is 12.2. The van der Waals surface area contributed by atoms with Crippen LogP contribution in [0.3, 0.4) is 0 Å². The minimum atomic E-state index is -0.165. The molecule has 0 saturated heterocycles. The van der Waals surface area contributed by atoms with Gasteiger partial charge < -0.3 is 9.97 Å². The molecule has 42 heavy (non-hydrogen) atoms. The van der Waals surface area contributed by atoms with E-state index in [-0.39, 0.29) is 23.0 Å². The van der Waals surface area contributed by atoms with Crippen LogP contribution in [0.5, 0.6) is 0 Å². The number of aromatic amines is 2. The van der Waals surface area contributed by atoms with Crippen LogP contribution in [-0.4, -0.2) is 53.3 Å². The Kier molecular flexibility index (Phi) is 6.60. The van der Waals surface area contributed by atoms with Gasteiger partial charge in [0.1, 0.15) is 12.7 Å².